The highest BCUT2D eigenvalue weighted by molar-refractivity contribution is 6.30. The van der Waals surface area contributed by atoms with Crippen molar-refractivity contribution in [3.63, 3.8) is 0 Å². The average molecular weight is 283 g/mol. The van der Waals surface area contributed by atoms with Gasteiger partial charge in [-0.2, -0.15) is 0 Å². The third kappa shape index (κ3) is 6.95. The number of hydrogen-bond acceptors (Lipinski definition) is 2. The van der Waals surface area contributed by atoms with E-state index >= 15 is 0 Å². The van der Waals surface area contributed by atoms with Gasteiger partial charge in [0.2, 0.25) is 0 Å². The predicted octanol–water partition coefficient (Wildman–Crippen LogP) is 3.80. The molecule has 1 N–H and O–H groups in total. The van der Waals surface area contributed by atoms with Crippen LogP contribution in [-0.2, 0) is 6.54 Å². The Morgan fingerprint density at radius 2 is 2.00 bits per heavy atom. The Balaban J connectivity index is 2.30. The molecule has 1 atom stereocenters. The Morgan fingerprint density at radius 3 is 2.63 bits per heavy atom. The Morgan fingerprint density at radius 1 is 1.26 bits per heavy atom. The van der Waals surface area contributed by atoms with Gasteiger partial charge in [0, 0.05) is 17.6 Å². The first-order valence-corrected chi connectivity index (χ1v) is 7.52. The molecule has 108 valence electrons. The molecular formula is C16H27ClN2. The SMILES string of the molecule is CC(C)CNCCC(C)N(C)Cc1cccc(Cl)c1. The fourth-order valence-electron chi connectivity index (χ4n) is 2.00. The quantitative estimate of drug-likeness (QED) is 0.730. The zero-order valence-corrected chi connectivity index (χ0v) is 13.4. The number of halogens is 1. The third-order valence-corrected chi connectivity index (χ3v) is 3.60. The van der Waals surface area contributed by atoms with Gasteiger partial charge in [-0.05, 0) is 57.1 Å². The Bertz CT molecular complexity index is 366. The fourth-order valence-corrected chi connectivity index (χ4v) is 2.21. The highest BCUT2D eigenvalue weighted by Crippen LogP contribution is 2.13. The second-order valence-corrected chi connectivity index (χ2v) is 6.22. The molecule has 19 heavy (non-hydrogen) atoms. The molecular weight excluding hydrogens is 256 g/mol. The number of benzene rings is 1. The average Bonchev–Trinajstić information content (AvgIpc) is 2.34. The summed E-state index contributed by atoms with van der Waals surface area (Å²) in [6, 6.07) is 8.68. The number of rotatable bonds is 8. The van der Waals surface area contributed by atoms with E-state index in [-0.39, 0.29) is 0 Å². The Hall–Kier alpha value is -0.570. The lowest BCUT2D eigenvalue weighted by Gasteiger charge is -2.25. The molecule has 0 heterocycles. The molecule has 0 aromatic heterocycles. The van der Waals surface area contributed by atoms with Crippen LogP contribution in [0.25, 0.3) is 0 Å². The van der Waals surface area contributed by atoms with Crippen molar-refractivity contribution in [1.82, 2.24) is 10.2 Å². The molecule has 2 nitrogen and oxygen atoms in total. The molecule has 0 fully saturated rings. The summed E-state index contributed by atoms with van der Waals surface area (Å²) in [5.41, 5.74) is 1.27. The van der Waals surface area contributed by atoms with Crippen molar-refractivity contribution in [3.05, 3.63) is 34.9 Å². The van der Waals surface area contributed by atoms with Gasteiger partial charge in [-0.3, -0.25) is 4.90 Å². The third-order valence-electron chi connectivity index (χ3n) is 3.36. The van der Waals surface area contributed by atoms with Crippen LogP contribution in [0.15, 0.2) is 24.3 Å². The van der Waals surface area contributed by atoms with E-state index in [1.807, 2.05) is 18.2 Å². The largest absolute Gasteiger partial charge is 0.316 e. The molecule has 0 bridgehead atoms. The molecule has 0 radical (unpaired) electrons. The standard InChI is InChI=1S/C16H27ClN2/c1-13(2)11-18-9-8-14(3)19(4)12-15-6-5-7-16(17)10-15/h5-7,10,13-14,18H,8-9,11-12H2,1-4H3. The topological polar surface area (TPSA) is 15.3 Å². The molecule has 3 heteroatoms. The fraction of sp³-hybridized carbons (Fsp3) is 0.625. The first-order chi connectivity index (χ1) is 8.99. The van der Waals surface area contributed by atoms with Crippen LogP contribution in [0.4, 0.5) is 0 Å². The molecule has 1 unspecified atom stereocenters. The molecule has 0 saturated heterocycles. The Kier molecular flexibility index (Phi) is 7.44. The molecule has 0 aliphatic carbocycles. The van der Waals surface area contributed by atoms with Crippen LogP contribution in [0, 0.1) is 5.92 Å². The van der Waals surface area contributed by atoms with Crippen molar-refractivity contribution in [2.75, 3.05) is 20.1 Å². The maximum atomic E-state index is 6.01. The minimum Gasteiger partial charge on any atom is -0.316 e. The first kappa shape index (κ1) is 16.5. The van der Waals surface area contributed by atoms with E-state index in [9.17, 15) is 0 Å². The molecule has 0 aliphatic rings. The number of nitrogens with one attached hydrogen (secondary N) is 1. The van der Waals surface area contributed by atoms with E-state index in [0.717, 1.165) is 30.6 Å². The van der Waals surface area contributed by atoms with Crippen molar-refractivity contribution >= 4 is 11.6 Å². The summed E-state index contributed by atoms with van der Waals surface area (Å²) in [6.07, 6.45) is 1.17. The van der Waals surface area contributed by atoms with Crippen LogP contribution >= 0.6 is 11.6 Å². The minimum atomic E-state index is 0.568. The minimum absolute atomic E-state index is 0.568. The summed E-state index contributed by atoms with van der Waals surface area (Å²) in [7, 11) is 2.17. The summed E-state index contributed by atoms with van der Waals surface area (Å²) < 4.78 is 0. The van der Waals surface area contributed by atoms with Gasteiger partial charge >= 0.3 is 0 Å². The second kappa shape index (κ2) is 8.57. The lowest BCUT2D eigenvalue weighted by molar-refractivity contribution is 0.236. The van der Waals surface area contributed by atoms with E-state index in [1.54, 1.807) is 0 Å². The van der Waals surface area contributed by atoms with Crippen LogP contribution in [0.1, 0.15) is 32.8 Å². The monoisotopic (exact) mass is 282 g/mol. The van der Waals surface area contributed by atoms with Gasteiger partial charge in [-0.1, -0.05) is 37.6 Å². The number of nitrogens with zero attached hydrogens (tertiary/aromatic N) is 1. The van der Waals surface area contributed by atoms with Crippen LogP contribution < -0.4 is 5.32 Å². The zero-order valence-electron chi connectivity index (χ0n) is 12.6. The summed E-state index contributed by atoms with van der Waals surface area (Å²) in [4.78, 5) is 2.38. The van der Waals surface area contributed by atoms with Crippen molar-refractivity contribution < 1.29 is 0 Å². The van der Waals surface area contributed by atoms with E-state index in [0.29, 0.717) is 6.04 Å². The van der Waals surface area contributed by atoms with Gasteiger partial charge < -0.3 is 5.32 Å². The molecule has 0 amide bonds. The smallest absolute Gasteiger partial charge is 0.0409 e. The van der Waals surface area contributed by atoms with Crippen molar-refractivity contribution in [2.45, 2.75) is 39.8 Å². The maximum absolute atomic E-state index is 6.01. The van der Waals surface area contributed by atoms with E-state index in [2.05, 4.69) is 44.1 Å². The molecule has 1 aromatic rings. The molecule has 0 spiro atoms. The van der Waals surface area contributed by atoms with E-state index in [1.165, 1.54) is 12.0 Å². The van der Waals surface area contributed by atoms with Gasteiger partial charge in [-0.15, -0.1) is 0 Å². The van der Waals surface area contributed by atoms with Crippen LogP contribution in [-0.4, -0.2) is 31.1 Å². The van der Waals surface area contributed by atoms with E-state index < -0.39 is 0 Å². The van der Waals surface area contributed by atoms with Crippen molar-refractivity contribution in [3.8, 4) is 0 Å². The summed E-state index contributed by atoms with van der Waals surface area (Å²) in [5, 5.41) is 4.31. The van der Waals surface area contributed by atoms with Gasteiger partial charge in [0.1, 0.15) is 0 Å². The molecule has 1 aromatic carbocycles. The normalized spacial score (nSPS) is 13.2. The van der Waals surface area contributed by atoms with Gasteiger partial charge in [0.05, 0.1) is 0 Å². The summed E-state index contributed by atoms with van der Waals surface area (Å²) >= 11 is 6.01. The number of hydrogen-bond donors (Lipinski definition) is 1. The molecule has 0 saturated carbocycles. The van der Waals surface area contributed by atoms with Crippen molar-refractivity contribution in [1.29, 1.82) is 0 Å². The van der Waals surface area contributed by atoms with Crippen LogP contribution in [0.5, 0.6) is 0 Å². The zero-order chi connectivity index (χ0) is 14.3. The predicted molar refractivity (Wildman–Crippen MR) is 84.7 cm³/mol. The van der Waals surface area contributed by atoms with Crippen LogP contribution in [0.3, 0.4) is 0 Å². The lowest BCUT2D eigenvalue weighted by atomic mass is 10.1. The Labute approximate surface area is 123 Å². The van der Waals surface area contributed by atoms with Gasteiger partial charge in [0.15, 0.2) is 0 Å². The van der Waals surface area contributed by atoms with Crippen LogP contribution in [0.2, 0.25) is 5.02 Å². The summed E-state index contributed by atoms with van der Waals surface area (Å²) in [5.74, 6) is 0.722. The van der Waals surface area contributed by atoms with Gasteiger partial charge in [0.25, 0.3) is 0 Å². The maximum Gasteiger partial charge on any atom is 0.0409 e. The highest BCUT2D eigenvalue weighted by atomic mass is 35.5. The highest BCUT2D eigenvalue weighted by Gasteiger charge is 2.09. The first-order valence-electron chi connectivity index (χ1n) is 7.14. The lowest BCUT2D eigenvalue weighted by Crippen LogP contribution is -2.32. The molecule has 1 rings (SSSR count). The summed E-state index contributed by atoms with van der Waals surface area (Å²) in [6.45, 7) is 9.89. The second-order valence-electron chi connectivity index (χ2n) is 5.78. The van der Waals surface area contributed by atoms with E-state index in [4.69, 9.17) is 11.6 Å². The van der Waals surface area contributed by atoms with Gasteiger partial charge in [-0.25, -0.2) is 0 Å². The molecule has 0 aliphatic heterocycles. The van der Waals surface area contributed by atoms with Crippen molar-refractivity contribution in [2.24, 2.45) is 5.92 Å².